The van der Waals surface area contributed by atoms with Gasteiger partial charge in [0.15, 0.2) is 0 Å². The molecule has 0 heterocycles. The van der Waals surface area contributed by atoms with Crippen LogP contribution in [-0.4, -0.2) is 18.9 Å². The number of rotatable bonds is 6. The molecule has 2 aromatic carbocycles. The van der Waals surface area contributed by atoms with Gasteiger partial charge < -0.3 is 15.4 Å². The van der Waals surface area contributed by atoms with Crippen molar-refractivity contribution in [3.05, 3.63) is 59.7 Å². The Kier molecular flexibility index (Phi) is 6.49. The molecule has 2 aromatic rings. The first-order valence-corrected chi connectivity index (χ1v) is 9.38. The van der Waals surface area contributed by atoms with Crippen molar-refractivity contribution in [2.24, 2.45) is 5.41 Å². The van der Waals surface area contributed by atoms with E-state index in [1.54, 1.807) is 21.0 Å². The van der Waals surface area contributed by atoms with E-state index in [4.69, 9.17) is 4.74 Å². The largest absolute Gasteiger partial charge is 0.496 e. The van der Waals surface area contributed by atoms with Crippen LogP contribution in [0.3, 0.4) is 0 Å². The third-order valence-electron chi connectivity index (χ3n) is 4.78. The maximum atomic E-state index is 12.7. The zero-order valence-corrected chi connectivity index (χ0v) is 17.6. The number of nitrogens with one attached hydrogen (secondary N) is 2. The van der Waals surface area contributed by atoms with Crippen LogP contribution in [0.5, 0.6) is 5.75 Å². The molecule has 0 bridgehead atoms. The summed E-state index contributed by atoms with van der Waals surface area (Å²) in [6.45, 7) is 9.92. The van der Waals surface area contributed by atoms with Crippen LogP contribution in [-0.2, 0) is 21.5 Å². The fraction of sp³-hybridized carbons (Fsp3) is 0.391. The van der Waals surface area contributed by atoms with E-state index in [1.165, 1.54) is 5.56 Å². The summed E-state index contributed by atoms with van der Waals surface area (Å²) in [5.74, 6) is -0.000233. The highest BCUT2D eigenvalue weighted by Gasteiger charge is 2.36. The van der Waals surface area contributed by atoms with Crippen molar-refractivity contribution >= 4 is 17.5 Å². The molecular weight excluding hydrogens is 352 g/mol. The Labute approximate surface area is 167 Å². The number of anilines is 1. The number of carbonyl (C=O) groups is 2. The highest BCUT2D eigenvalue weighted by atomic mass is 16.5. The smallest absolute Gasteiger partial charge is 0.239 e. The van der Waals surface area contributed by atoms with E-state index >= 15 is 0 Å². The Balaban J connectivity index is 2.02. The molecule has 2 amide bonds. The van der Waals surface area contributed by atoms with Crippen molar-refractivity contribution in [1.82, 2.24) is 5.32 Å². The number of amides is 2. The number of para-hydroxylation sites is 1. The first kappa shape index (κ1) is 21.5. The molecule has 2 rings (SSSR count). The summed E-state index contributed by atoms with van der Waals surface area (Å²) in [6, 6.07) is 15.2. The second-order valence-corrected chi connectivity index (χ2v) is 8.40. The minimum Gasteiger partial charge on any atom is -0.496 e. The Bertz CT molecular complexity index is 834. The number of carbonyl (C=O) groups excluding carboxylic acids is 2. The zero-order valence-electron chi connectivity index (χ0n) is 17.6. The summed E-state index contributed by atoms with van der Waals surface area (Å²) >= 11 is 0. The number of methoxy groups -OCH3 is 1. The van der Waals surface area contributed by atoms with Gasteiger partial charge in [0.2, 0.25) is 11.8 Å². The highest BCUT2D eigenvalue weighted by molar-refractivity contribution is 6.09. The molecule has 0 aliphatic rings. The van der Waals surface area contributed by atoms with Crippen molar-refractivity contribution in [2.45, 2.75) is 46.6 Å². The van der Waals surface area contributed by atoms with Crippen LogP contribution in [0.15, 0.2) is 48.5 Å². The molecule has 0 aliphatic carbocycles. The topological polar surface area (TPSA) is 67.4 Å². The first-order chi connectivity index (χ1) is 13.1. The Morgan fingerprint density at radius 2 is 1.50 bits per heavy atom. The van der Waals surface area contributed by atoms with Gasteiger partial charge in [0.1, 0.15) is 11.2 Å². The fourth-order valence-corrected chi connectivity index (χ4v) is 2.69. The van der Waals surface area contributed by atoms with Gasteiger partial charge in [-0.05, 0) is 43.0 Å². The number of benzene rings is 2. The van der Waals surface area contributed by atoms with Gasteiger partial charge in [0.25, 0.3) is 0 Å². The maximum absolute atomic E-state index is 12.7. The van der Waals surface area contributed by atoms with Gasteiger partial charge >= 0.3 is 0 Å². The quantitative estimate of drug-likeness (QED) is 0.733. The molecule has 0 saturated heterocycles. The van der Waals surface area contributed by atoms with Crippen LogP contribution < -0.4 is 15.4 Å². The Hall–Kier alpha value is -2.82. The molecule has 28 heavy (non-hydrogen) atoms. The molecule has 150 valence electrons. The number of ether oxygens (including phenoxy) is 1. The second-order valence-electron chi connectivity index (χ2n) is 8.40. The van der Waals surface area contributed by atoms with Crippen LogP contribution in [0.4, 0.5) is 5.69 Å². The van der Waals surface area contributed by atoms with Crippen molar-refractivity contribution in [3.8, 4) is 5.75 Å². The minimum absolute atomic E-state index is 0.0419. The van der Waals surface area contributed by atoms with Crippen LogP contribution >= 0.6 is 0 Å². The molecule has 0 radical (unpaired) electrons. The molecule has 0 aromatic heterocycles. The summed E-state index contributed by atoms with van der Waals surface area (Å²) in [7, 11) is 1.59. The van der Waals surface area contributed by atoms with Gasteiger partial charge in [-0.3, -0.25) is 9.59 Å². The summed E-state index contributed by atoms with van der Waals surface area (Å²) in [4.78, 5) is 25.3. The normalized spacial score (nSPS) is 11.6. The standard InChI is InChI=1S/C23H30N2O3/c1-22(2,3)17-11-13-18(14-12-17)25-21(27)23(4,5)20(26)24-15-16-9-7-8-10-19(16)28-6/h7-14H,15H2,1-6H3,(H,24,26)(H,25,27). The average Bonchev–Trinajstić information content (AvgIpc) is 2.65. The molecule has 0 saturated carbocycles. The molecule has 5 heteroatoms. The molecular formula is C23H30N2O3. The third kappa shape index (κ3) is 5.12. The van der Waals surface area contributed by atoms with Gasteiger partial charge in [-0.1, -0.05) is 51.1 Å². The summed E-state index contributed by atoms with van der Waals surface area (Å²) in [5, 5.41) is 5.67. The lowest BCUT2D eigenvalue weighted by Gasteiger charge is -2.24. The van der Waals surface area contributed by atoms with E-state index < -0.39 is 5.41 Å². The van der Waals surface area contributed by atoms with E-state index in [0.29, 0.717) is 18.0 Å². The van der Waals surface area contributed by atoms with Crippen LogP contribution in [0.1, 0.15) is 45.7 Å². The predicted molar refractivity (Wildman–Crippen MR) is 112 cm³/mol. The summed E-state index contributed by atoms with van der Waals surface area (Å²) in [6.07, 6.45) is 0. The van der Waals surface area contributed by atoms with E-state index in [2.05, 4.69) is 31.4 Å². The average molecular weight is 383 g/mol. The van der Waals surface area contributed by atoms with Crippen molar-refractivity contribution < 1.29 is 14.3 Å². The Morgan fingerprint density at radius 3 is 2.07 bits per heavy atom. The van der Waals surface area contributed by atoms with E-state index in [-0.39, 0.29) is 17.2 Å². The molecule has 2 N–H and O–H groups in total. The molecule has 0 atom stereocenters. The number of hydrogen-bond donors (Lipinski definition) is 2. The second kappa shape index (κ2) is 8.46. The van der Waals surface area contributed by atoms with Crippen LogP contribution in [0, 0.1) is 5.41 Å². The van der Waals surface area contributed by atoms with E-state index in [0.717, 1.165) is 5.56 Å². The van der Waals surface area contributed by atoms with Gasteiger partial charge in [0, 0.05) is 17.8 Å². The van der Waals surface area contributed by atoms with Crippen molar-refractivity contribution in [2.75, 3.05) is 12.4 Å². The first-order valence-electron chi connectivity index (χ1n) is 9.38. The molecule has 0 spiro atoms. The minimum atomic E-state index is -1.22. The highest BCUT2D eigenvalue weighted by Crippen LogP contribution is 2.25. The van der Waals surface area contributed by atoms with Crippen molar-refractivity contribution in [3.63, 3.8) is 0 Å². The van der Waals surface area contributed by atoms with Gasteiger partial charge in [0.05, 0.1) is 7.11 Å². The molecule has 5 nitrogen and oxygen atoms in total. The summed E-state index contributed by atoms with van der Waals surface area (Å²) in [5.41, 5.74) is 1.53. The van der Waals surface area contributed by atoms with Gasteiger partial charge in [-0.2, -0.15) is 0 Å². The third-order valence-corrected chi connectivity index (χ3v) is 4.78. The van der Waals surface area contributed by atoms with Crippen molar-refractivity contribution in [1.29, 1.82) is 0 Å². The van der Waals surface area contributed by atoms with Gasteiger partial charge in [-0.15, -0.1) is 0 Å². The van der Waals surface area contributed by atoms with Gasteiger partial charge in [-0.25, -0.2) is 0 Å². The van der Waals surface area contributed by atoms with Crippen LogP contribution in [0.25, 0.3) is 0 Å². The molecule has 0 fully saturated rings. The SMILES string of the molecule is COc1ccccc1CNC(=O)C(C)(C)C(=O)Nc1ccc(C(C)(C)C)cc1. The zero-order chi connectivity index (χ0) is 20.9. The molecule has 0 unspecified atom stereocenters. The Morgan fingerprint density at radius 1 is 0.893 bits per heavy atom. The van der Waals surface area contributed by atoms with E-state index in [9.17, 15) is 9.59 Å². The fourth-order valence-electron chi connectivity index (χ4n) is 2.69. The lowest BCUT2D eigenvalue weighted by Crippen LogP contribution is -2.44. The maximum Gasteiger partial charge on any atom is 0.239 e. The van der Waals surface area contributed by atoms with E-state index in [1.807, 2.05) is 48.5 Å². The number of hydrogen-bond acceptors (Lipinski definition) is 3. The lowest BCUT2D eigenvalue weighted by molar-refractivity contribution is -0.138. The molecule has 0 aliphatic heterocycles. The lowest BCUT2D eigenvalue weighted by atomic mass is 9.87. The predicted octanol–water partition coefficient (Wildman–Crippen LogP) is 4.27. The monoisotopic (exact) mass is 382 g/mol. The van der Waals surface area contributed by atoms with Crippen LogP contribution in [0.2, 0.25) is 0 Å². The summed E-state index contributed by atoms with van der Waals surface area (Å²) < 4.78 is 5.29.